The number of benzene rings is 1. The molecule has 0 bridgehead atoms. The van der Waals surface area contributed by atoms with Gasteiger partial charge in [0.15, 0.2) is 0 Å². The molecule has 0 radical (unpaired) electrons. The van der Waals surface area contributed by atoms with Gasteiger partial charge in [-0.3, -0.25) is 0 Å². The third kappa shape index (κ3) is 3.31. The van der Waals surface area contributed by atoms with Gasteiger partial charge in [0, 0.05) is 0 Å². The highest BCUT2D eigenvalue weighted by molar-refractivity contribution is 5.54. The minimum Gasteiger partial charge on any atom is -0.508 e. The van der Waals surface area contributed by atoms with Crippen LogP contribution in [-0.2, 0) is 6.18 Å². The van der Waals surface area contributed by atoms with Crippen molar-refractivity contribution in [2.75, 3.05) is 0 Å². The predicted octanol–water partition coefficient (Wildman–Crippen LogP) is 3.34. The molecular formula is C11H8F3NO. The van der Waals surface area contributed by atoms with E-state index in [1.165, 1.54) is 18.2 Å². The SMILES string of the molecule is N#CCC=Cc1cc(O)cc(C(F)(F)F)c1. The Balaban J connectivity index is 3.05. The fraction of sp³-hybridized carbons (Fsp3) is 0.182. The van der Waals surface area contributed by atoms with Crippen molar-refractivity contribution in [3.05, 3.63) is 35.4 Å². The molecule has 0 aliphatic carbocycles. The Morgan fingerprint density at radius 3 is 2.56 bits per heavy atom. The second kappa shape index (κ2) is 4.71. The summed E-state index contributed by atoms with van der Waals surface area (Å²) in [4.78, 5) is 0. The summed E-state index contributed by atoms with van der Waals surface area (Å²) >= 11 is 0. The average Bonchev–Trinajstić information content (AvgIpc) is 2.16. The lowest BCUT2D eigenvalue weighted by Crippen LogP contribution is -2.04. The summed E-state index contributed by atoms with van der Waals surface area (Å²) < 4.78 is 37.0. The standard InChI is InChI=1S/C11H8F3NO/c12-11(13,14)9-5-8(3-1-2-4-15)6-10(16)7-9/h1,3,5-7,16H,2H2. The predicted molar refractivity (Wildman–Crippen MR) is 52.4 cm³/mol. The van der Waals surface area contributed by atoms with Crippen LogP contribution in [0.15, 0.2) is 24.3 Å². The lowest BCUT2D eigenvalue weighted by Gasteiger charge is -2.07. The molecule has 1 rings (SSSR count). The molecule has 0 unspecified atom stereocenters. The van der Waals surface area contributed by atoms with E-state index >= 15 is 0 Å². The summed E-state index contributed by atoms with van der Waals surface area (Å²) in [5, 5.41) is 17.4. The van der Waals surface area contributed by atoms with E-state index in [4.69, 9.17) is 10.4 Å². The van der Waals surface area contributed by atoms with E-state index in [9.17, 15) is 13.2 Å². The van der Waals surface area contributed by atoms with E-state index in [0.29, 0.717) is 6.07 Å². The van der Waals surface area contributed by atoms with Gasteiger partial charge in [-0.25, -0.2) is 0 Å². The Morgan fingerprint density at radius 1 is 1.31 bits per heavy atom. The van der Waals surface area contributed by atoms with Gasteiger partial charge in [-0.05, 0) is 23.8 Å². The van der Waals surface area contributed by atoms with E-state index in [2.05, 4.69) is 0 Å². The fourth-order valence-corrected chi connectivity index (χ4v) is 1.14. The van der Waals surface area contributed by atoms with Gasteiger partial charge in [0.05, 0.1) is 18.1 Å². The highest BCUT2D eigenvalue weighted by atomic mass is 19.4. The molecule has 0 heterocycles. The van der Waals surface area contributed by atoms with Gasteiger partial charge >= 0.3 is 6.18 Å². The second-order valence-electron chi connectivity index (χ2n) is 3.08. The van der Waals surface area contributed by atoms with Crippen molar-refractivity contribution in [1.29, 1.82) is 5.26 Å². The van der Waals surface area contributed by atoms with Crippen LogP contribution in [0.4, 0.5) is 13.2 Å². The summed E-state index contributed by atoms with van der Waals surface area (Å²) in [6.07, 6.45) is -1.60. The van der Waals surface area contributed by atoms with E-state index < -0.39 is 17.5 Å². The van der Waals surface area contributed by atoms with Crippen LogP contribution in [0.5, 0.6) is 5.75 Å². The Morgan fingerprint density at radius 2 is 2.00 bits per heavy atom. The smallest absolute Gasteiger partial charge is 0.416 e. The van der Waals surface area contributed by atoms with Crippen molar-refractivity contribution in [3.8, 4) is 11.8 Å². The first-order valence-electron chi connectivity index (χ1n) is 4.38. The molecule has 0 saturated carbocycles. The van der Waals surface area contributed by atoms with Crippen molar-refractivity contribution in [1.82, 2.24) is 0 Å². The van der Waals surface area contributed by atoms with Crippen molar-refractivity contribution >= 4 is 6.08 Å². The average molecular weight is 227 g/mol. The van der Waals surface area contributed by atoms with Crippen LogP contribution in [0, 0.1) is 11.3 Å². The van der Waals surface area contributed by atoms with Gasteiger partial charge in [-0.1, -0.05) is 12.2 Å². The van der Waals surface area contributed by atoms with Crippen LogP contribution in [0.1, 0.15) is 17.5 Å². The van der Waals surface area contributed by atoms with Gasteiger partial charge in [0.25, 0.3) is 0 Å². The minimum absolute atomic E-state index is 0.108. The summed E-state index contributed by atoms with van der Waals surface area (Å²) in [7, 11) is 0. The largest absolute Gasteiger partial charge is 0.508 e. The maximum absolute atomic E-state index is 12.3. The number of nitrogens with zero attached hydrogens (tertiary/aromatic N) is 1. The number of allylic oxidation sites excluding steroid dienone is 1. The summed E-state index contributed by atoms with van der Waals surface area (Å²) in [6.45, 7) is 0. The topological polar surface area (TPSA) is 44.0 Å². The van der Waals surface area contributed by atoms with E-state index in [0.717, 1.165) is 6.07 Å². The van der Waals surface area contributed by atoms with Crippen molar-refractivity contribution in [3.63, 3.8) is 0 Å². The Kier molecular flexibility index (Phi) is 3.56. The third-order valence-corrected chi connectivity index (χ3v) is 1.79. The van der Waals surface area contributed by atoms with E-state index in [-0.39, 0.29) is 12.0 Å². The first-order valence-corrected chi connectivity index (χ1v) is 4.38. The van der Waals surface area contributed by atoms with Gasteiger partial charge < -0.3 is 5.11 Å². The monoisotopic (exact) mass is 227 g/mol. The normalized spacial score (nSPS) is 11.6. The second-order valence-corrected chi connectivity index (χ2v) is 3.08. The number of halogens is 3. The number of rotatable bonds is 2. The lowest BCUT2D eigenvalue weighted by molar-refractivity contribution is -0.137. The van der Waals surface area contributed by atoms with Crippen LogP contribution in [0.3, 0.4) is 0 Å². The van der Waals surface area contributed by atoms with Gasteiger partial charge in [0.1, 0.15) is 5.75 Å². The molecule has 0 aromatic heterocycles. The fourth-order valence-electron chi connectivity index (χ4n) is 1.14. The van der Waals surface area contributed by atoms with E-state index in [1.54, 1.807) is 0 Å². The van der Waals surface area contributed by atoms with Crippen LogP contribution in [0.25, 0.3) is 6.08 Å². The molecule has 5 heteroatoms. The quantitative estimate of drug-likeness (QED) is 0.842. The van der Waals surface area contributed by atoms with Crippen LogP contribution in [0.2, 0.25) is 0 Å². The molecule has 1 N–H and O–H groups in total. The van der Waals surface area contributed by atoms with Crippen molar-refractivity contribution in [2.45, 2.75) is 12.6 Å². The molecular weight excluding hydrogens is 219 g/mol. The zero-order chi connectivity index (χ0) is 12.2. The number of nitriles is 1. The molecule has 0 aliphatic heterocycles. The first kappa shape index (κ1) is 12.1. The van der Waals surface area contributed by atoms with Gasteiger partial charge in [-0.2, -0.15) is 18.4 Å². The van der Waals surface area contributed by atoms with E-state index in [1.807, 2.05) is 6.07 Å². The number of phenols is 1. The molecule has 0 amide bonds. The Labute approximate surface area is 90.2 Å². The zero-order valence-electron chi connectivity index (χ0n) is 8.12. The highest BCUT2D eigenvalue weighted by Gasteiger charge is 2.31. The summed E-state index contributed by atoms with van der Waals surface area (Å²) in [5.74, 6) is -0.452. The zero-order valence-corrected chi connectivity index (χ0v) is 8.12. The number of aromatic hydroxyl groups is 1. The molecule has 1 aromatic rings. The van der Waals surface area contributed by atoms with Crippen molar-refractivity contribution < 1.29 is 18.3 Å². The Hall–Kier alpha value is -1.96. The molecule has 0 atom stereocenters. The maximum atomic E-state index is 12.3. The minimum atomic E-state index is -4.49. The third-order valence-electron chi connectivity index (χ3n) is 1.79. The molecule has 0 aliphatic rings. The molecule has 0 spiro atoms. The molecule has 2 nitrogen and oxygen atoms in total. The lowest BCUT2D eigenvalue weighted by atomic mass is 10.1. The van der Waals surface area contributed by atoms with Crippen LogP contribution in [-0.4, -0.2) is 5.11 Å². The summed E-state index contributed by atoms with van der Waals surface area (Å²) in [6, 6.07) is 4.59. The number of alkyl halides is 3. The summed E-state index contributed by atoms with van der Waals surface area (Å²) in [5.41, 5.74) is -0.702. The molecule has 16 heavy (non-hydrogen) atoms. The van der Waals surface area contributed by atoms with Gasteiger partial charge in [-0.15, -0.1) is 0 Å². The first-order chi connectivity index (χ1) is 7.43. The molecule has 0 saturated heterocycles. The molecule has 1 aromatic carbocycles. The number of hydrogen-bond acceptors (Lipinski definition) is 2. The van der Waals surface area contributed by atoms with Crippen LogP contribution >= 0.6 is 0 Å². The Bertz CT molecular complexity index is 444. The maximum Gasteiger partial charge on any atom is 0.416 e. The molecule has 0 fully saturated rings. The highest BCUT2D eigenvalue weighted by Crippen LogP contribution is 2.32. The number of hydrogen-bond donors (Lipinski definition) is 1. The number of phenolic OH excluding ortho intramolecular Hbond substituents is 1. The van der Waals surface area contributed by atoms with Gasteiger partial charge in [0.2, 0.25) is 0 Å². The van der Waals surface area contributed by atoms with Crippen LogP contribution < -0.4 is 0 Å². The molecule has 84 valence electrons. The van der Waals surface area contributed by atoms with Crippen molar-refractivity contribution in [2.24, 2.45) is 0 Å².